The fraction of sp³-hybridized carbons (Fsp3) is 0.308. The Morgan fingerprint density at radius 3 is 2.38 bits per heavy atom. The topological polar surface area (TPSA) is 90.0 Å². The first-order chi connectivity index (χ1) is 16.3. The highest BCUT2D eigenvalue weighted by Crippen LogP contribution is 2.25. The minimum Gasteiger partial charge on any atom is -0.490 e. The Bertz CT molecular complexity index is 1110. The third kappa shape index (κ3) is 6.14. The highest BCUT2D eigenvalue weighted by molar-refractivity contribution is 7.98. The van der Waals surface area contributed by atoms with Gasteiger partial charge >= 0.3 is 5.97 Å². The van der Waals surface area contributed by atoms with Crippen molar-refractivity contribution in [1.82, 2.24) is 4.90 Å². The lowest BCUT2D eigenvalue weighted by Crippen LogP contribution is -2.36. The van der Waals surface area contributed by atoms with Crippen molar-refractivity contribution in [1.29, 1.82) is 0 Å². The van der Waals surface area contributed by atoms with Crippen molar-refractivity contribution < 1.29 is 28.7 Å². The highest BCUT2D eigenvalue weighted by Gasteiger charge is 2.37. The summed E-state index contributed by atoms with van der Waals surface area (Å²) in [6.45, 7) is 6.96. The second-order valence-electron chi connectivity index (χ2n) is 7.83. The van der Waals surface area contributed by atoms with Crippen LogP contribution in [-0.2, 0) is 15.3 Å². The number of thioether (sulfide) groups is 1. The van der Waals surface area contributed by atoms with Crippen molar-refractivity contribution in [3.8, 4) is 5.75 Å². The lowest BCUT2D eigenvalue weighted by molar-refractivity contribution is -0.144. The Kier molecular flexibility index (Phi) is 8.65. The van der Waals surface area contributed by atoms with E-state index in [0.717, 1.165) is 28.4 Å². The van der Waals surface area contributed by atoms with Crippen LogP contribution in [0.15, 0.2) is 54.6 Å². The molecule has 0 N–H and O–H groups in total. The van der Waals surface area contributed by atoms with Crippen LogP contribution >= 0.6 is 11.8 Å². The molecule has 0 aliphatic carbocycles. The first-order valence-electron chi connectivity index (χ1n) is 11.0. The molecule has 1 aliphatic heterocycles. The number of esters is 1. The summed E-state index contributed by atoms with van der Waals surface area (Å²) >= 11 is 1.76. The molecule has 1 aliphatic rings. The number of carbonyl (C=O) groups is 4. The maximum Gasteiger partial charge on any atom is 0.326 e. The molecule has 0 unspecified atom stereocenters. The van der Waals surface area contributed by atoms with E-state index in [2.05, 4.69) is 13.5 Å². The van der Waals surface area contributed by atoms with Gasteiger partial charge in [-0.3, -0.25) is 24.1 Å². The third-order valence-electron chi connectivity index (χ3n) is 5.06. The molecule has 2 amide bonds. The van der Waals surface area contributed by atoms with Crippen molar-refractivity contribution in [2.24, 2.45) is 0 Å². The van der Waals surface area contributed by atoms with Crippen LogP contribution in [0.3, 0.4) is 0 Å². The second-order valence-corrected chi connectivity index (χ2v) is 8.94. The van der Waals surface area contributed by atoms with Crippen LogP contribution in [0.5, 0.6) is 5.75 Å². The van der Waals surface area contributed by atoms with Crippen LogP contribution in [0.4, 0.5) is 0 Å². The molecule has 0 spiro atoms. The number of ether oxygens (including phenoxy) is 2. The first kappa shape index (κ1) is 25.2. The van der Waals surface area contributed by atoms with E-state index in [1.54, 1.807) is 55.1 Å². The molecule has 0 fully saturated rings. The van der Waals surface area contributed by atoms with Gasteiger partial charge in [0.2, 0.25) is 0 Å². The van der Waals surface area contributed by atoms with Crippen molar-refractivity contribution in [3.05, 3.63) is 76.9 Å². The van der Waals surface area contributed by atoms with Crippen molar-refractivity contribution in [2.45, 2.75) is 26.0 Å². The van der Waals surface area contributed by atoms with Gasteiger partial charge < -0.3 is 9.47 Å². The van der Waals surface area contributed by atoms with E-state index >= 15 is 0 Å². The maximum absolute atomic E-state index is 12.7. The first-order valence-corrected chi connectivity index (χ1v) is 12.1. The number of imide groups is 1. The number of amides is 2. The number of ketones is 1. The van der Waals surface area contributed by atoms with Crippen LogP contribution in [-0.4, -0.2) is 54.0 Å². The normalized spacial score (nSPS) is 12.5. The summed E-state index contributed by atoms with van der Waals surface area (Å²) in [6.07, 6.45) is 1.07. The van der Waals surface area contributed by atoms with Crippen molar-refractivity contribution in [2.75, 3.05) is 25.5 Å². The van der Waals surface area contributed by atoms with E-state index in [-0.39, 0.29) is 19.0 Å². The molecular weight excluding hydrogens is 454 g/mol. The van der Waals surface area contributed by atoms with Gasteiger partial charge in [0.15, 0.2) is 5.78 Å². The smallest absolute Gasteiger partial charge is 0.326 e. The third-order valence-corrected chi connectivity index (χ3v) is 6.29. The van der Waals surface area contributed by atoms with Gasteiger partial charge in [0.1, 0.15) is 25.5 Å². The van der Waals surface area contributed by atoms with Gasteiger partial charge in [0.25, 0.3) is 11.8 Å². The molecule has 34 heavy (non-hydrogen) atoms. The number of Topliss-reactive ketones (excluding diaryl/α,β-unsaturated/α-hetero) is 1. The molecule has 3 rings (SSSR count). The van der Waals surface area contributed by atoms with Gasteiger partial charge in [-0.05, 0) is 66.6 Å². The maximum atomic E-state index is 12.7. The van der Waals surface area contributed by atoms with E-state index in [4.69, 9.17) is 9.47 Å². The average molecular weight is 482 g/mol. The number of fused-ring (bicyclic) bond motifs is 1. The van der Waals surface area contributed by atoms with E-state index in [1.807, 2.05) is 6.07 Å². The van der Waals surface area contributed by atoms with Crippen molar-refractivity contribution in [3.63, 3.8) is 0 Å². The number of rotatable bonds is 12. The number of hydrogen-bond donors (Lipinski definition) is 0. The molecule has 178 valence electrons. The Morgan fingerprint density at radius 2 is 1.71 bits per heavy atom. The number of allylic oxidation sites excluding steroid dienone is 1. The summed E-state index contributed by atoms with van der Waals surface area (Å²) in [5.41, 5.74) is 2.56. The Labute approximate surface area is 203 Å². The lowest BCUT2D eigenvalue weighted by Gasteiger charge is -2.13. The van der Waals surface area contributed by atoms with Gasteiger partial charge in [0.05, 0.1) is 11.1 Å². The predicted octanol–water partition coefficient (Wildman–Crippen LogP) is 4.31. The van der Waals surface area contributed by atoms with E-state index in [0.29, 0.717) is 28.0 Å². The summed E-state index contributed by atoms with van der Waals surface area (Å²) in [4.78, 5) is 50.3. The zero-order valence-electron chi connectivity index (χ0n) is 19.3. The molecule has 0 aromatic heterocycles. The monoisotopic (exact) mass is 481 g/mol. The van der Waals surface area contributed by atoms with Gasteiger partial charge in [-0.25, -0.2) is 0 Å². The number of carbonyl (C=O) groups excluding carboxylic acids is 4. The zero-order chi connectivity index (χ0) is 24.7. The molecular formula is C26H27NO6S. The van der Waals surface area contributed by atoms with Gasteiger partial charge in [-0.15, -0.1) is 0 Å². The standard InChI is InChI=1S/C26H27NO6S/c1-4-13-34-16-18-5-10-21-22(14-18)26(31)27(25(21)30)15-23(28)33-12-11-32-20-8-6-19(7-9-20)24(29)17(2)3/h5-10,14H,2,4,11-13,15-16H2,1,3H3. The number of benzene rings is 2. The minimum absolute atomic E-state index is 0.0484. The molecule has 8 heteroatoms. The molecule has 1 heterocycles. The fourth-order valence-corrected chi connectivity index (χ4v) is 4.19. The van der Waals surface area contributed by atoms with E-state index in [1.165, 1.54) is 0 Å². The summed E-state index contributed by atoms with van der Waals surface area (Å²) in [5, 5.41) is 0. The minimum atomic E-state index is -0.695. The van der Waals surface area contributed by atoms with Crippen LogP contribution in [0.25, 0.3) is 0 Å². The fourth-order valence-electron chi connectivity index (χ4n) is 3.34. The Morgan fingerprint density at radius 1 is 1.00 bits per heavy atom. The van der Waals surface area contributed by atoms with E-state index in [9.17, 15) is 19.2 Å². The quantitative estimate of drug-likeness (QED) is 0.147. The van der Waals surface area contributed by atoms with Crippen LogP contribution in [0.1, 0.15) is 56.9 Å². The molecule has 2 aromatic carbocycles. The predicted molar refractivity (Wildman–Crippen MR) is 130 cm³/mol. The van der Waals surface area contributed by atoms with Crippen LogP contribution in [0, 0.1) is 0 Å². The second kappa shape index (κ2) is 11.7. The summed E-state index contributed by atoms with van der Waals surface area (Å²) in [6, 6.07) is 11.8. The van der Waals surface area contributed by atoms with Gasteiger partial charge in [-0.2, -0.15) is 11.8 Å². The summed E-state index contributed by atoms with van der Waals surface area (Å²) < 4.78 is 10.6. The molecule has 0 atom stereocenters. The number of hydrogen-bond acceptors (Lipinski definition) is 7. The average Bonchev–Trinajstić information content (AvgIpc) is 3.06. The molecule has 0 saturated heterocycles. The molecule has 0 saturated carbocycles. The largest absolute Gasteiger partial charge is 0.490 e. The van der Waals surface area contributed by atoms with Gasteiger partial charge in [-0.1, -0.05) is 19.6 Å². The number of nitrogens with zero attached hydrogens (tertiary/aromatic N) is 1. The summed E-state index contributed by atoms with van der Waals surface area (Å²) in [5.74, 6) is 0.482. The van der Waals surface area contributed by atoms with E-state index < -0.39 is 24.3 Å². The lowest BCUT2D eigenvalue weighted by atomic mass is 10.1. The van der Waals surface area contributed by atoms with Gasteiger partial charge in [0, 0.05) is 11.3 Å². The summed E-state index contributed by atoms with van der Waals surface area (Å²) in [7, 11) is 0. The van der Waals surface area contributed by atoms with Crippen molar-refractivity contribution >= 4 is 35.3 Å². The Hall–Kier alpha value is -3.39. The molecule has 0 bridgehead atoms. The van der Waals surface area contributed by atoms with Crippen LogP contribution in [0.2, 0.25) is 0 Å². The molecule has 7 nitrogen and oxygen atoms in total. The molecule has 0 radical (unpaired) electrons. The SMILES string of the molecule is C=C(C)C(=O)c1ccc(OCCOC(=O)CN2C(=O)c3ccc(CSCCC)cc3C2=O)cc1. The highest BCUT2D eigenvalue weighted by atomic mass is 32.2. The Balaban J connectivity index is 1.46. The zero-order valence-corrected chi connectivity index (χ0v) is 20.1. The van der Waals surface area contributed by atoms with Crippen LogP contribution < -0.4 is 4.74 Å². The molecule has 2 aromatic rings.